The molecule has 2 heterocycles. The molecule has 1 spiro atoms. The van der Waals surface area contributed by atoms with E-state index in [1.807, 2.05) is 37.3 Å². The molecule has 6 heteroatoms. The maximum absolute atomic E-state index is 13.5. The highest BCUT2D eigenvalue weighted by atomic mass is 16.5. The van der Waals surface area contributed by atoms with Crippen LogP contribution in [0.2, 0.25) is 0 Å². The molecule has 37 heavy (non-hydrogen) atoms. The van der Waals surface area contributed by atoms with Gasteiger partial charge < -0.3 is 19.8 Å². The van der Waals surface area contributed by atoms with Gasteiger partial charge in [-0.05, 0) is 87.2 Å². The first kappa shape index (κ1) is 23.1. The van der Waals surface area contributed by atoms with Gasteiger partial charge in [-0.15, -0.1) is 0 Å². The summed E-state index contributed by atoms with van der Waals surface area (Å²) in [6.45, 7) is 3.90. The molecular formula is C31H34N2O4. The summed E-state index contributed by atoms with van der Waals surface area (Å²) in [4.78, 5) is 17.6. The third kappa shape index (κ3) is 3.17. The molecule has 2 aromatic rings. The van der Waals surface area contributed by atoms with Crippen molar-refractivity contribution >= 4 is 5.91 Å². The Kier molecular flexibility index (Phi) is 5.00. The largest absolute Gasteiger partial charge is 0.504 e. The van der Waals surface area contributed by atoms with Crippen molar-refractivity contribution in [1.82, 2.24) is 9.80 Å². The number of likely N-dealkylation sites (tertiary alicyclic amines) is 1. The van der Waals surface area contributed by atoms with Crippen LogP contribution in [0.5, 0.6) is 11.5 Å². The van der Waals surface area contributed by atoms with Crippen LogP contribution in [0.4, 0.5) is 0 Å². The topological polar surface area (TPSA) is 73.2 Å². The predicted octanol–water partition coefficient (Wildman–Crippen LogP) is 3.14. The number of likely N-dealkylation sites (N-methyl/N-ethyl adjacent to an activating group) is 1. The Hall–Kier alpha value is -3.01. The Morgan fingerprint density at radius 3 is 2.84 bits per heavy atom. The van der Waals surface area contributed by atoms with Crippen LogP contribution >= 0.6 is 0 Å². The fourth-order valence-corrected chi connectivity index (χ4v) is 8.06. The van der Waals surface area contributed by atoms with Crippen LogP contribution < -0.4 is 4.74 Å². The second-order valence-electron chi connectivity index (χ2n) is 11.9. The maximum atomic E-state index is 13.5. The number of amides is 1. The molecule has 0 unspecified atom stereocenters. The second-order valence-corrected chi connectivity index (χ2v) is 11.9. The Labute approximate surface area is 218 Å². The molecule has 2 N–H and O–H groups in total. The van der Waals surface area contributed by atoms with E-state index < -0.39 is 11.0 Å². The van der Waals surface area contributed by atoms with E-state index in [9.17, 15) is 15.0 Å². The number of hydrogen-bond donors (Lipinski definition) is 2. The summed E-state index contributed by atoms with van der Waals surface area (Å²) in [6, 6.07) is 11.1. The van der Waals surface area contributed by atoms with E-state index in [-0.39, 0.29) is 29.8 Å². The minimum absolute atomic E-state index is 0.110. The Morgan fingerprint density at radius 1 is 1.22 bits per heavy atom. The van der Waals surface area contributed by atoms with Crippen molar-refractivity contribution in [1.29, 1.82) is 0 Å². The first-order valence-electron chi connectivity index (χ1n) is 13.7. The van der Waals surface area contributed by atoms with Crippen molar-refractivity contribution in [3.63, 3.8) is 0 Å². The lowest BCUT2D eigenvalue weighted by Crippen LogP contribution is -2.81. The summed E-state index contributed by atoms with van der Waals surface area (Å²) >= 11 is 0. The number of rotatable bonds is 3. The molecule has 192 valence electrons. The van der Waals surface area contributed by atoms with E-state index in [2.05, 4.69) is 16.7 Å². The molecule has 7 rings (SSSR count). The predicted molar refractivity (Wildman–Crippen MR) is 139 cm³/mol. The zero-order chi connectivity index (χ0) is 25.5. The van der Waals surface area contributed by atoms with Gasteiger partial charge in [0.25, 0.3) is 5.91 Å². The highest BCUT2D eigenvalue weighted by Gasteiger charge is 2.74. The number of benzene rings is 2. The van der Waals surface area contributed by atoms with Gasteiger partial charge in [0.2, 0.25) is 0 Å². The Morgan fingerprint density at radius 2 is 2.05 bits per heavy atom. The van der Waals surface area contributed by atoms with Crippen molar-refractivity contribution < 1.29 is 19.7 Å². The van der Waals surface area contributed by atoms with Crippen LogP contribution in [0.25, 0.3) is 0 Å². The molecule has 0 aromatic heterocycles. The number of aliphatic hydroxyl groups is 1. The van der Waals surface area contributed by atoms with E-state index in [1.54, 1.807) is 18.0 Å². The number of phenols is 1. The summed E-state index contributed by atoms with van der Waals surface area (Å²) in [5, 5.41) is 23.8. The number of hydrogen-bond acceptors (Lipinski definition) is 5. The molecule has 0 radical (unpaired) electrons. The molecular weight excluding hydrogens is 464 g/mol. The normalized spacial score (nSPS) is 33.1. The lowest BCUT2D eigenvalue weighted by atomic mass is 9.47. The molecule has 6 nitrogen and oxygen atoms in total. The average molecular weight is 499 g/mol. The van der Waals surface area contributed by atoms with Gasteiger partial charge in [0.1, 0.15) is 11.7 Å². The number of piperidine rings is 1. The first-order chi connectivity index (χ1) is 17.8. The molecule has 5 atom stereocenters. The van der Waals surface area contributed by atoms with Crippen molar-refractivity contribution in [2.45, 2.75) is 74.7 Å². The average Bonchev–Trinajstić information content (AvgIpc) is 3.63. The van der Waals surface area contributed by atoms with Crippen molar-refractivity contribution in [2.75, 3.05) is 20.1 Å². The number of nitrogens with zero attached hydrogens (tertiary/aromatic N) is 2. The van der Waals surface area contributed by atoms with Crippen molar-refractivity contribution in [2.24, 2.45) is 5.92 Å². The minimum Gasteiger partial charge on any atom is -0.504 e. The third-order valence-electron chi connectivity index (χ3n) is 9.87. The highest BCUT2D eigenvalue weighted by molar-refractivity contribution is 5.94. The fourth-order valence-electron chi connectivity index (χ4n) is 8.06. The van der Waals surface area contributed by atoms with Crippen molar-refractivity contribution in [3.8, 4) is 23.3 Å². The zero-order valence-electron chi connectivity index (χ0n) is 21.5. The Bertz CT molecular complexity index is 1360. The maximum Gasteiger partial charge on any atom is 0.298 e. The van der Waals surface area contributed by atoms with Gasteiger partial charge in [-0.25, -0.2) is 0 Å². The van der Waals surface area contributed by atoms with E-state index in [0.717, 1.165) is 42.6 Å². The van der Waals surface area contributed by atoms with Gasteiger partial charge in [-0.3, -0.25) is 9.69 Å². The van der Waals surface area contributed by atoms with Crippen LogP contribution in [-0.4, -0.2) is 69.8 Å². The summed E-state index contributed by atoms with van der Waals surface area (Å²) in [7, 11) is 1.79. The molecule has 2 aromatic carbocycles. The van der Waals surface area contributed by atoms with Crippen LogP contribution in [0, 0.1) is 24.7 Å². The summed E-state index contributed by atoms with van der Waals surface area (Å²) < 4.78 is 6.45. The Balaban J connectivity index is 1.31. The summed E-state index contributed by atoms with van der Waals surface area (Å²) in [6.07, 6.45) is 5.11. The monoisotopic (exact) mass is 498 g/mol. The van der Waals surface area contributed by atoms with E-state index in [1.165, 1.54) is 18.4 Å². The third-order valence-corrected chi connectivity index (χ3v) is 9.87. The molecule has 1 saturated heterocycles. The molecule has 5 aliphatic rings. The smallest absolute Gasteiger partial charge is 0.298 e. The van der Waals surface area contributed by atoms with E-state index in [4.69, 9.17) is 4.74 Å². The number of phenolic OH excluding ortho intramolecular Hbond substituents is 1. The second kappa shape index (κ2) is 7.99. The standard InChI is InChI=1S/C31H34N2O4/c1-19-4-3-5-20(16-19)8-13-27(35)32(2)24-11-12-26-30-14-15-33(18-21-6-7-21)25(31(24,30)36)17-22-9-10-23(34)29(37-26)28(22)30/h3-5,9-10,16,21,24-26,34,36H,6-7,11-12,14-15,17-18H2,1-2H3/t24-,25-,26+,30-,31-/m1/s1. The highest BCUT2D eigenvalue weighted by Crippen LogP contribution is 2.66. The van der Waals surface area contributed by atoms with Crippen molar-refractivity contribution in [3.05, 3.63) is 58.7 Å². The number of ether oxygens (including phenoxy) is 1. The van der Waals surface area contributed by atoms with Crippen LogP contribution in [0.1, 0.15) is 54.4 Å². The SMILES string of the molecule is Cc1cccc(C#CC(=O)N(C)[C@@H]2CC[C@@H]3Oc4c(O)ccc5c4[C@@]34CCN(CC3CC3)[C@H](C5)[C@]24O)c1. The summed E-state index contributed by atoms with van der Waals surface area (Å²) in [5.74, 6) is 7.00. The molecule has 1 amide bonds. The number of carbonyl (C=O) groups excluding carboxylic acids is 1. The summed E-state index contributed by atoms with van der Waals surface area (Å²) in [5.41, 5.74) is 2.24. The lowest BCUT2D eigenvalue weighted by Gasteiger charge is -2.66. The molecule has 3 fully saturated rings. The van der Waals surface area contributed by atoms with Gasteiger partial charge in [0, 0.05) is 36.7 Å². The molecule has 2 aliphatic heterocycles. The van der Waals surface area contributed by atoms with E-state index in [0.29, 0.717) is 24.5 Å². The number of aromatic hydroxyl groups is 1. The first-order valence-corrected chi connectivity index (χ1v) is 13.7. The molecule has 2 bridgehead atoms. The van der Waals surface area contributed by atoms with Gasteiger partial charge >= 0.3 is 0 Å². The minimum atomic E-state index is -1.19. The van der Waals surface area contributed by atoms with Gasteiger partial charge in [0.15, 0.2) is 11.5 Å². The van der Waals surface area contributed by atoms with E-state index >= 15 is 0 Å². The van der Waals surface area contributed by atoms with Gasteiger partial charge in [-0.1, -0.05) is 24.1 Å². The lowest BCUT2D eigenvalue weighted by molar-refractivity contribution is -0.217. The van der Waals surface area contributed by atoms with Crippen LogP contribution in [-0.2, 0) is 16.6 Å². The van der Waals surface area contributed by atoms with Gasteiger partial charge in [-0.2, -0.15) is 0 Å². The molecule has 2 saturated carbocycles. The quantitative estimate of drug-likeness (QED) is 0.637. The fraction of sp³-hybridized carbons (Fsp3) is 0.516. The number of carbonyl (C=O) groups is 1. The van der Waals surface area contributed by atoms with Gasteiger partial charge in [0.05, 0.1) is 11.5 Å². The van der Waals surface area contributed by atoms with Crippen LogP contribution in [0.3, 0.4) is 0 Å². The number of aryl methyl sites for hydroxylation is 1. The van der Waals surface area contributed by atoms with Crippen LogP contribution in [0.15, 0.2) is 36.4 Å². The molecule has 3 aliphatic carbocycles. The zero-order valence-corrected chi connectivity index (χ0v) is 21.5.